The third-order valence-corrected chi connectivity index (χ3v) is 6.82. The number of rotatable bonds is 9. The second-order valence-electron chi connectivity index (χ2n) is 7.02. The van der Waals surface area contributed by atoms with E-state index in [2.05, 4.69) is 4.98 Å². The van der Waals surface area contributed by atoms with Gasteiger partial charge >= 0.3 is 0 Å². The zero-order chi connectivity index (χ0) is 21.7. The van der Waals surface area contributed by atoms with Crippen LogP contribution in [0.3, 0.4) is 0 Å². The third-order valence-electron chi connectivity index (χ3n) is 4.96. The summed E-state index contributed by atoms with van der Waals surface area (Å²) in [5.41, 5.74) is 1.82. The summed E-state index contributed by atoms with van der Waals surface area (Å²) < 4.78 is 38.1. The standard InChI is InChI=1S/C22H26N2O5S/c1-16-6-4-7-17-14-18(22(25)23-21(16)17)15-24(12-5-13-28-2)30(26,27)20-10-8-19(29-3)9-11-20/h4,6-11,14H,5,12-13,15H2,1-3H3,(H,23,25). The van der Waals surface area contributed by atoms with E-state index in [0.717, 1.165) is 16.5 Å². The minimum Gasteiger partial charge on any atom is -0.497 e. The number of nitrogens with zero attached hydrogens (tertiary/aromatic N) is 1. The van der Waals surface area contributed by atoms with Gasteiger partial charge in [-0.3, -0.25) is 4.79 Å². The monoisotopic (exact) mass is 430 g/mol. The molecule has 0 amide bonds. The topological polar surface area (TPSA) is 88.7 Å². The molecule has 0 saturated carbocycles. The first-order valence-electron chi connectivity index (χ1n) is 9.61. The number of sulfonamides is 1. The van der Waals surface area contributed by atoms with Gasteiger partial charge < -0.3 is 14.5 Å². The maximum absolute atomic E-state index is 13.3. The molecule has 30 heavy (non-hydrogen) atoms. The number of hydrogen-bond donors (Lipinski definition) is 1. The van der Waals surface area contributed by atoms with Crippen molar-refractivity contribution in [3.05, 3.63) is 70.0 Å². The van der Waals surface area contributed by atoms with E-state index in [4.69, 9.17) is 9.47 Å². The average molecular weight is 431 g/mol. The van der Waals surface area contributed by atoms with Crippen molar-refractivity contribution in [3.63, 3.8) is 0 Å². The van der Waals surface area contributed by atoms with Gasteiger partial charge in [0.15, 0.2) is 0 Å². The number of methoxy groups -OCH3 is 2. The number of benzene rings is 2. The maximum atomic E-state index is 13.3. The molecule has 0 radical (unpaired) electrons. The molecule has 0 saturated heterocycles. The Morgan fingerprint density at radius 2 is 1.80 bits per heavy atom. The van der Waals surface area contributed by atoms with E-state index in [1.54, 1.807) is 25.3 Å². The maximum Gasteiger partial charge on any atom is 0.252 e. The predicted molar refractivity (Wildman–Crippen MR) is 116 cm³/mol. The zero-order valence-corrected chi connectivity index (χ0v) is 18.2. The van der Waals surface area contributed by atoms with E-state index >= 15 is 0 Å². The van der Waals surface area contributed by atoms with Crippen LogP contribution in [0, 0.1) is 6.92 Å². The lowest BCUT2D eigenvalue weighted by Gasteiger charge is -2.22. The summed E-state index contributed by atoms with van der Waals surface area (Å²) in [4.78, 5) is 15.7. The van der Waals surface area contributed by atoms with Crippen LogP contribution in [0.15, 0.2) is 58.2 Å². The Hall–Kier alpha value is -2.68. The number of aromatic amines is 1. The Bertz CT molecular complexity index is 1170. The zero-order valence-electron chi connectivity index (χ0n) is 17.3. The molecule has 0 aliphatic carbocycles. The largest absolute Gasteiger partial charge is 0.497 e. The van der Waals surface area contributed by atoms with E-state index in [1.807, 2.05) is 25.1 Å². The molecule has 0 aliphatic rings. The molecule has 3 aromatic rings. The SMILES string of the molecule is COCCCN(Cc1cc2cccc(C)c2[nH]c1=O)S(=O)(=O)c1ccc(OC)cc1. The van der Waals surface area contributed by atoms with Crippen molar-refractivity contribution in [1.29, 1.82) is 0 Å². The molecule has 8 heteroatoms. The Kier molecular flexibility index (Phi) is 6.91. The highest BCUT2D eigenvalue weighted by Crippen LogP contribution is 2.22. The van der Waals surface area contributed by atoms with Crippen molar-refractivity contribution in [3.8, 4) is 5.75 Å². The molecule has 0 unspecified atom stereocenters. The number of para-hydroxylation sites is 1. The van der Waals surface area contributed by atoms with Gasteiger partial charge in [-0.05, 0) is 54.6 Å². The summed E-state index contributed by atoms with van der Waals surface area (Å²) >= 11 is 0. The minimum atomic E-state index is -3.81. The van der Waals surface area contributed by atoms with Gasteiger partial charge in [0.05, 0.1) is 17.5 Å². The highest BCUT2D eigenvalue weighted by molar-refractivity contribution is 7.89. The lowest BCUT2D eigenvalue weighted by Crippen LogP contribution is -2.34. The summed E-state index contributed by atoms with van der Waals surface area (Å²) in [7, 11) is -0.723. The fraction of sp³-hybridized carbons (Fsp3) is 0.318. The lowest BCUT2D eigenvalue weighted by atomic mass is 10.1. The van der Waals surface area contributed by atoms with Crippen molar-refractivity contribution in [2.45, 2.75) is 24.8 Å². The van der Waals surface area contributed by atoms with Gasteiger partial charge in [0, 0.05) is 32.4 Å². The highest BCUT2D eigenvalue weighted by atomic mass is 32.2. The molecule has 3 rings (SSSR count). The first-order chi connectivity index (χ1) is 14.4. The van der Waals surface area contributed by atoms with Gasteiger partial charge in [0.1, 0.15) is 5.75 Å². The Labute approximate surface area is 176 Å². The highest BCUT2D eigenvalue weighted by Gasteiger charge is 2.25. The third kappa shape index (κ3) is 4.72. The van der Waals surface area contributed by atoms with Gasteiger partial charge in [0.2, 0.25) is 10.0 Å². The second kappa shape index (κ2) is 9.42. The van der Waals surface area contributed by atoms with Gasteiger partial charge in [0.25, 0.3) is 5.56 Å². The molecule has 1 heterocycles. The molecule has 0 spiro atoms. The van der Waals surface area contributed by atoms with Crippen molar-refractivity contribution >= 4 is 20.9 Å². The van der Waals surface area contributed by atoms with Crippen LogP contribution in [0.1, 0.15) is 17.5 Å². The molecule has 1 N–H and O–H groups in total. The molecular weight excluding hydrogens is 404 g/mol. The second-order valence-corrected chi connectivity index (χ2v) is 8.96. The molecule has 7 nitrogen and oxygen atoms in total. The van der Waals surface area contributed by atoms with Crippen LogP contribution in [0.4, 0.5) is 0 Å². The summed E-state index contributed by atoms with van der Waals surface area (Å²) in [5, 5.41) is 0.864. The smallest absolute Gasteiger partial charge is 0.252 e. The van der Waals surface area contributed by atoms with E-state index in [9.17, 15) is 13.2 Å². The molecule has 1 aromatic heterocycles. The Morgan fingerprint density at radius 1 is 1.07 bits per heavy atom. The van der Waals surface area contributed by atoms with Crippen LogP contribution in [0.25, 0.3) is 10.9 Å². The minimum absolute atomic E-state index is 0.0305. The number of pyridine rings is 1. The molecule has 0 aliphatic heterocycles. The summed E-state index contributed by atoms with van der Waals surface area (Å²) in [6.07, 6.45) is 0.510. The van der Waals surface area contributed by atoms with E-state index in [-0.39, 0.29) is 23.5 Å². The summed E-state index contributed by atoms with van der Waals surface area (Å²) in [5.74, 6) is 0.571. The van der Waals surface area contributed by atoms with Crippen LogP contribution >= 0.6 is 0 Å². The number of ether oxygens (including phenoxy) is 2. The fourth-order valence-corrected chi connectivity index (χ4v) is 4.76. The van der Waals surface area contributed by atoms with Crippen molar-refractivity contribution in [1.82, 2.24) is 9.29 Å². The summed E-state index contributed by atoms with van der Waals surface area (Å²) in [6, 6.07) is 13.7. The van der Waals surface area contributed by atoms with Gasteiger partial charge in [-0.2, -0.15) is 4.31 Å². The first-order valence-corrected chi connectivity index (χ1v) is 11.1. The van der Waals surface area contributed by atoms with Crippen LogP contribution in [0.5, 0.6) is 5.75 Å². The average Bonchev–Trinajstić information content (AvgIpc) is 2.74. The number of hydrogen-bond acceptors (Lipinski definition) is 5. The van der Waals surface area contributed by atoms with E-state index in [1.165, 1.54) is 23.5 Å². The van der Waals surface area contributed by atoms with Gasteiger partial charge in [-0.1, -0.05) is 18.2 Å². The van der Waals surface area contributed by atoms with Crippen molar-refractivity contribution < 1.29 is 17.9 Å². The number of H-pyrrole nitrogens is 1. The Morgan fingerprint density at radius 3 is 2.47 bits per heavy atom. The first kappa shape index (κ1) is 22.0. The quantitative estimate of drug-likeness (QED) is 0.527. The molecule has 0 fully saturated rings. The van der Waals surface area contributed by atoms with Crippen molar-refractivity contribution in [2.75, 3.05) is 27.4 Å². The lowest BCUT2D eigenvalue weighted by molar-refractivity contribution is 0.186. The number of aryl methyl sites for hydroxylation is 1. The van der Waals surface area contributed by atoms with Crippen LogP contribution in [0.2, 0.25) is 0 Å². The number of fused-ring (bicyclic) bond motifs is 1. The number of aromatic nitrogens is 1. The van der Waals surface area contributed by atoms with E-state index in [0.29, 0.717) is 24.3 Å². The van der Waals surface area contributed by atoms with Crippen molar-refractivity contribution in [2.24, 2.45) is 0 Å². The Balaban J connectivity index is 1.98. The molecule has 160 valence electrons. The molecule has 2 aromatic carbocycles. The normalized spacial score (nSPS) is 11.9. The fourth-order valence-electron chi connectivity index (χ4n) is 3.30. The van der Waals surface area contributed by atoms with Gasteiger partial charge in [-0.25, -0.2) is 8.42 Å². The molecule has 0 bridgehead atoms. The van der Waals surface area contributed by atoms with Crippen LogP contribution in [-0.2, 0) is 21.3 Å². The van der Waals surface area contributed by atoms with Crippen LogP contribution < -0.4 is 10.3 Å². The van der Waals surface area contributed by atoms with E-state index < -0.39 is 10.0 Å². The summed E-state index contributed by atoms with van der Waals surface area (Å²) in [6.45, 7) is 2.54. The predicted octanol–water partition coefficient (Wildman–Crippen LogP) is 3.07. The molecule has 0 atom stereocenters. The number of nitrogens with one attached hydrogen (secondary N) is 1. The van der Waals surface area contributed by atoms with Gasteiger partial charge in [-0.15, -0.1) is 0 Å². The molecular formula is C22H26N2O5S. The van der Waals surface area contributed by atoms with Crippen LogP contribution in [-0.4, -0.2) is 45.1 Å².